The predicted octanol–water partition coefficient (Wildman–Crippen LogP) is 2.63. The minimum atomic E-state index is 0.800. The van der Waals surface area contributed by atoms with Gasteiger partial charge in [-0.3, -0.25) is 4.57 Å². The van der Waals surface area contributed by atoms with Crippen molar-refractivity contribution >= 4 is 15.9 Å². The van der Waals surface area contributed by atoms with Gasteiger partial charge in [-0.05, 0) is 54.7 Å². The van der Waals surface area contributed by atoms with E-state index in [2.05, 4.69) is 41.8 Å². The van der Waals surface area contributed by atoms with Gasteiger partial charge in [0.1, 0.15) is 12.1 Å². The molecule has 0 saturated carbocycles. The molecule has 0 atom stereocenters. The molecule has 1 aliphatic rings. The summed E-state index contributed by atoms with van der Waals surface area (Å²) in [6.07, 6.45) is 8.47. The number of imidazole rings is 1. The summed E-state index contributed by atoms with van der Waals surface area (Å²) in [5.74, 6) is 0.994. The maximum Gasteiger partial charge on any atom is 0.142 e. The SMILES string of the molecule is CNCc1cc(Br)cnc1-n1cnc2c1CCCC2. The van der Waals surface area contributed by atoms with Gasteiger partial charge in [-0.25, -0.2) is 9.97 Å². The molecule has 5 heteroatoms. The highest BCUT2D eigenvalue weighted by atomic mass is 79.9. The molecule has 19 heavy (non-hydrogen) atoms. The number of hydrogen-bond donors (Lipinski definition) is 1. The zero-order valence-corrected chi connectivity index (χ0v) is 12.6. The molecule has 1 N–H and O–H groups in total. The Balaban J connectivity index is 2.08. The Bertz CT molecular complexity index is 591. The van der Waals surface area contributed by atoms with Gasteiger partial charge in [0.2, 0.25) is 0 Å². The van der Waals surface area contributed by atoms with Gasteiger partial charge in [0.15, 0.2) is 0 Å². The highest BCUT2D eigenvalue weighted by Crippen LogP contribution is 2.25. The van der Waals surface area contributed by atoms with Crippen LogP contribution >= 0.6 is 15.9 Å². The molecular formula is C14H17BrN4. The Morgan fingerprint density at radius 1 is 1.32 bits per heavy atom. The second-order valence-corrected chi connectivity index (χ2v) is 5.80. The quantitative estimate of drug-likeness (QED) is 0.945. The van der Waals surface area contributed by atoms with Gasteiger partial charge in [0.05, 0.1) is 5.69 Å². The van der Waals surface area contributed by atoms with Gasteiger partial charge in [-0.2, -0.15) is 0 Å². The molecule has 100 valence electrons. The summed E-state index contributed by atoms with van der Waals surface area (Å²) in [7, 11) is 1.95. The standard InChI is InChI=1S/C14H17BrN4/c1-16-7-10-6-11(15)8-17-14(10)19-9-18-12-4-2-3-5-13(12)19/h6,8-9,16H,2-5,7H2,1H3. The first kappa shape index (κ1) is 12.8. The Morgan fingerprint density at radius 2 is 2.16 bits per heavy atom. The lowest BCUT2D eigenvalue weighted by Crippen LogP contribution is -2.13. The van der Waals surface area contributed by atoms with E-state index in [1.807, 2.05) is 19.6 Å². The molecule has 0 radical (unpaired) electrons. The first-order chi connectivity index (χ1) is 9.29. The topological polar surface area (TPSA) is 42.7 Å². The van der Waals surface area contributed by atoms with Crippen LogP contribution in [0.5, 0.6) is 0 Å². The normalized spacial score (nSPS) is 14.4. The number of nitrogens with one attached hydrogen (secondary N) is 1. The maximum absolute atomic E-state index is 4.58. The Morgan fingerprint density at radius 3 is 3.00 bits per heavy atom. The van der Waals surface area contributed by atoms with E-state index < -0.39 is 0 Å². The van der Waals surface area contributed by atoms with E-state index in [9.17, 15) is 0 Å². The summed E-state index contributed by atoms with van der Waals surface area (Å²) < 4.78 is 3.17. The molecule has 0 bridgehead atoms. The van der Waals surface area contributed by atoms with Gasteiger partial charge in [-0.1, -0.05) is 0 Å². The molecule has 2 heterocycles. The maximum atomic E-state index is 4.58. The van der Waals surface area contributed by atoms with E-state index in [0.29, 0.717) is 0 Å². The van der Waals surface area contributed by atoms with Gasteiger partial charge < -0.3 is 5.32 Å². The third kappa shape index (κ3) is 2.44. The van der Waals surface area contributed by atoms with E-state index in [0.717, 1.165) is 29.7 Å². The van der Waals surface area contributed by atoms with Crippen molar-refractivity contribution in [2.24, 2.45) is 0 Å². The van der Waals surface area contributed by atoms with Crippen LogP contribution in [0, 0.1) is 0 Å². The minimum Gasteiger partial charge on any atom is -0.316 e. The molecule has 0 spiro atoms. The zero-order chi connectivity index (χ0) is 13.2. The van der Waals surface area contributed by atoms with Crippen molar-refractivity contribution in [2.75, 3.05) is 7.05 Å². The van der Waals surface area contributed by atoms with Crippen LogP contribution in [0.3, 0.4) is 0 Å². The summed E-state index contributed by atoms with van der Waals surface area (Å²) >= 11 is 3.49. The van der Waals surface area contributed by atoms with Crippen molar-refractivity contribution in [2.45, 2.75) is 32.2 Å². The fraction of sp³-hybridized carbons (Fsp3) is 0.429. The van der Waals surface area contributed by atoms with Crippen molar-refractivity contribution < 1.29 is 0 Å². The smallest absolute Gasteiger partial charge is 0.142 e. The lowest BCUT2D eigenvalue weighted by Gasteiger charge is -2.16. The number of nitrogens with zero attached hydrogens (tertiary/aromatic N) is 3. The van der Waals surface area contributed by atoms with Crippen LogP contribution < -0.4 is 5.32 Å². The van der Waals surface area contributed by atoms with E-state index >= 15 is 0 Å². The van der Waals surface area contributed by atoms with Gasteiger partial charge >= 0.3 is 0 Å². The van der Waals surface area contributed by atoms with Gasteiger partial charge in [-0.15, -0.1) is 0 Å². The monoisotopic (exact) mass is 320 g/mol. The summed E-state index contributed by atoms with van der Waals surface area (Å²) in [4.78, 5) is 9.13. The van der Waals surface area contributed by atoms with Gasteiger partial charge in [0.25, 0.3) is 0 Å². The number of aromatic nitrogens is 3. The van der Waals surface area contributed by atoms with Crippen LogP contribution in [0.15, 0.2) is 23.1 Å². The lowest BCUT2D eigenvalue weighted by atomic mass is 10.0. The second-order valence-electron chi connectivity index (χ2n) is 4.88. The summed E-state index contributed by atoms with van der Waals surface area (Å²) in [5.41, 5.74) is 3.76. The molecule has 0 unspecified atom stereocenters. The molecule has 0 aliphatic heterocycles. The number of fused-ring (bicyclic) bond motifs is 1. The lowest BCUT2D eigenvalue weighted by molar-refractivity contribution is 0.652. The first-order valence-electron chi connectivity index (χ1n) is 6.64. The van der Waals surface area contributed by atoms with Crippen LogP contribution in [0.1, 0.15) is 29.8 Å². The van der Waals surface area contributed by atoms with E-state index in [1.54, 1.807) is 0 Å². The molecule has 4 nitrogen and oxygen atoms in total. The Labute approximate surface area is 121 Å². The van der Waals surface area contributed by atoms with Crippen LogP contribution in [0.2, 0.25) is 0 Å². The molecule has 1 aliphatic carbocycles. The highest BCUT2D eigenvalue weighted by molar-refractivity contribution is 9.10. The van der Waals surface area contributed by atoms with Gasteiger partial charge in [0, 0.05) is 28.5 Å². The number of rotatable bonds is 3. The molecule has 0 aromatic carbocycles. The minimum absolute atomic E-state index is 0.800. The molecule has 0 saturated heterocycles. The number of hydrogen-bond acceptors (Lipinski definition) is 3. The fourth-order valence-electron chi connectivity index (χ4n) is 2.66. The molecule has 0 amide bonds. The van der Waals surface area contributed by atoms with Crippen LogP contribution in [0.4, 0.5) is 0 Å². The predicted molar refractivity (Wildman–Crippen MR) is 78.5 cm³/mol. The van der Waals surface area contributed by atoms with Crippen molar-refractivity contribution in [1.82, 2.24) is 19.9 Å². The van der Waals surface area contributed by atoms with Crippen molar-refractivity contribution in [3.05, 3.63) is 40.0 Å². The zero-order valence-electron chi connectivity index (χ0n) is 11.0. The third-order valence-corrected chi connectivity index (χ3v) is 3.97. The molecular weight excluding hydrogens is 304 g/mol. The molecule has 2 aromatic heterocycles. The van der Waals surface area contributed by atoms with Crippen LogP contribution in [-0.2, 0) is 19.4 Å². The third-order valence-electron chi connectivity index (χ3n) is 3.54. The van der Waals surface area contributed by atoms with Crippen LogP contribution in [-0.4, -0.2) is 21.6 Å². The first-order valence-corrected chi connectivity index (χ1v) is 7.43. The highest BCUT2D eigenvalue weighted by Gasteiger charge is 2.18. The number of halogens is 1. The summed E-state index contributed by atoms with van der Waals surface area (Å²) in [6, 6.07) is 2.12. The fourth-order valence-corrected chi connectivity index (χ4v) is 3.04. The van der Waals surface area contributed by atoms with Crippen molar-refractivity contribution in [3.8, 4) is 5.82 Å². The van der Waals surface area contributed by atoms with E-state index in [1.165, 1.54) is 29.8 Å². The van der Waals surface area contributed by atoms with Crippen molar-refractivity contribution in [1.29, 1.82) is 0 Å². The van der Waals surface area contributed by atoms with Crippen LogP contribution in [0.25, 0.3) is 5.82 Å². The van der Waals surface area contributed by atoms with E-state index in [-0.39, 0.29) is 0 Å². The number of pyridine rings is 1. The Hall–Kier alpha value is -1.20. The summed E-state index contributed by atoms with van der Waals surface area (Å²) in [6.45, 7) is 0.800. The number of aryl methyl sites for hydroxylation is 1. The van der Waals surface area contributed by atoms with Crippen molar-refractivity contribution in [3.63, 3.8) is 0 Å². The average molecular weight is 321 g/mol. The largest absolute Gasteiger partial charge is 0.316 e. The molecule has 0 fully saturated rings. The second kappa shape index (κ2) is 5.43. The average Bonchev–Trinajstić information content (AvgIpc) is 2.83. The molecule has 3 rings (SSSR count). The molecule has 2 aromatic rings. The Kier molecular flexibility index (Phi) is 3.66. The van der Waals surface area contributed by atoms with E-state index in [4.69, 9.17) is 0 Å². The summed E-state index contributed by atoms with van der Waals surface area (Å²) in [5, 5.41) is 3.20.